The van der Waals surface area contributed by atoms with Crippen LogP contribution in [0.25, 0.3) is 16.7 Å². The highest BCUT2D eigenvalue weighted by atomic mass is 35.5. The lowest BCUT2D eigenvalue weighted by atomic mass is 10.2. The molecule has 0 aliphatic carbocycles. The summed E-state index contributed by atoms with van der Waals surface area (Å²) < 4.78 is 15.2. The summed E-state index contributed by atoms with van der Waals surface area (Å²) >= 11 is 5.89. The van der Waals surface area contributed by atoms with Crippen LogP contribution in [0.3, 0.4) is 0 Å². The second-order valence-corrected chi connectivity index (χ2v) is 4.81. The van der Waals surface area contributed by atoms with Gasteiger partial charge in [-0.1, -0.05) is 23.7 Å². The molecule has 3 aromatic rings. The van der Waals surface area contributed by atoms with E-state index < -0.39 is 5.82 Å². The molecule has 1 heterocycles. The van der Waals surface area contributed by atoms with Gasteiger partial charge in [-0.2, -0.15) is 0 Å². The second-order valence-electron chi connectivity index (χ2n) is 4.38. The Balaban J connectivity index is 2.36. The molecule has 2 aromatic carbocycles. The first-order chi connectivity index (χ1) is 9.06. The van der Waals surface area contributed by atoms with Gasteiger partial charge in [-0.25, -0.2) is 9.37 Å². The maximum absolute atomic E-state index is 13.5. The average molecular weight is 276 g/mol. The quantitative estimate of drug-likeness (QED) is 0.736. The smallest absolute Gasteiger partial charge is 0.205 e. The summed E-state index contributed by atoms with van der Waals surface area (Å²) in [6, 6.07) is 10.1. The maximum atomic E-state index is 13.5. The third-order valence-electron chi connectivity index (χ3n) is 3.02. The lowest BCUT2D eigenvalue weighted by Crippen LogP contribution is -2.01. The van der Waals surface area contributed by atoms with Gasteiger partial charge in [0.1, 0.15) is 5.82 Å². The van der Waals surface area contributed by atoms with Crippen LogP contribution in [0.5, 0.6) is 0 Å². The molecule has 0 spiro atoms. The van der Waals surface area contributed by atoms with E-state index in [1.165, 1.54) is 12.1 Å². The predicted molar refractivity (Wildman–Crippen MR) is 75.2 cm³/mol. The first-order valence-corrected chi connectivity index (χ1v) is 6.14. The Morgan fingerprint density at radius 1 is 1.26 bits per heavy atom. The van der Waals surface area contributed by atoms with E-state index in [-0.39, 0.29) is 0 Å². The fourth-order valence-electron chi connectivity index (χ4n) is 2.20. The van der Waals surface area contributed by atoms with Crippen LogP contribution in [0.1, 0.15) is 5.56 Å². The molecule has 0 amide bonds. The molecule has 3 rings (SSSR count). The molecular formula is C14H11ClFN3. The summed E-state index contributed by atoms with van der Waals surface area (Å²) in [5, 5.41) is 0.323. The van der Waals surface area contributed by atoms with Crippen molar-refractivity contribution in [3.63, 3.8) is 0 Å². The Morgan fingerprint density at radius 2 is 2.05 bits per heavy atom. The molecule has 0 aliphatic heterocycles. The van der Waals surface area contributed by atoms with Crippen LogP contribution in [-0.2, 0) is 0 Å². The first-order valence-electron chi connectivity index (χ1n) is 5.76. The fourth-order valence-corrected chi connectivity index (χ4v) is 2.41. The number of halogens is 2. The van der Waals surface area contributed by atoms with Crippen molar-refractivity contribution in [2.75, 3.05) is 5.73 Å². The Labute approximate surface area is 114 Å². The number of para-hydroxylation sites is 1. The summed E-state index contributed by atoms with van der Waals surface area (Å²) in [5.74, 6) is -0.0950. The number of benzene rings is 2. The predicted octanol–water partition coefficient (Wildman–Crippen LogP) is 3.71. The van der Waals surface area contributed by atoms with Crippen LogP contribution < -0.4 is 5.73 Å². The highest BCUT2D eigenvalue weighted by Crippen LogP contribution is 2.27. The second kappa shape index (κ2) is 4.24. The summed E-state index contributed by atoms with van der Waals surface area (Å²) in [7, 11) is 0. The van der Waals surface area contributed by atoms with Crippen LogP contribution in [0.4, 0.5) is 10.3 Å². The van der Waals surface area contributed by atoms with E-state index in [0.29, 0.717) is 16.7 Å². The van der Waals surface area contributed by atoms with E-state index in [4.69, 9.17) is 17.3 Å². The minimum absolute atomic E-state index is 0.311. The van der Waals surface area contributed by atoms with Gasteiger partial charge in [-0.3, -0.25) is 4.57 Å². The number of aryl methyl sites for hydroxylation is 1. The Bertz CT molecular complexity index is 759. The van der Waals surface area contributed by atoms with Crippen LogP contribution in [0.15, 0.2) is 36.4 Å². The van der Waals surface area contributed by atoms with E-state index in [1.54, 1.807) is 10.6 Å². The van der Waals surface area contributed by atoms with Crippen molar-refractivity contribution in [3.05, 3.63) is 52.8 Å². The minimum Gasteiger partial charge on any atom is -0.369 e. The molecule has 0 saturated carbocycles. The molecule has 0 atom stereocenters. The van der Waals surface area contributed by atoms with Crippen molar-refractivity contribution in [2.24, 2.45) is 0 Å². The van der Waals surface area contributed by atoms with E-state index in [1.807, 2.05) is 25.1 Å². The number of fused-ring (bicyclic) bond motifs is 1. The lowest BCUT2D eigenvalue weighted by Gasteiger charge is -2.07. The Hall–Kier alpha value is -2.07. The zero-order chi connectivity index (χ0) is 13.6. The van der Waals surface area contributed by atoms with Crippen LogP contribution in [0.2, 0.25) is 5.02 Å². The molecular weight excluding hydrogens is 265 g/mol. The number of hydrogen-bond acceptors (Lipinski definition) is 2. The molecule has 3 nitrogen and oxygen atoms in total. The number of imidazole rings is 1. The van der Waals surface area contributed by atoms with E-state index in [2.05, 4.69) is 4.98 Å². The summed E-state index contributed by atoms with van der Waals surface area (Å²) in [6.07, 6.45) is 0. The molecule has 19 heavy (non-hydrogen) atoms. The molecule has 0 radical (unpaired) electrons. The van der Waals surface area contributed by atoms with Gasteiger partial charge in [-0.15, -0.1) is 0 Å². The Kier molecular flexibility index (Phi) is 2.68. The number of nitrogens with zero attached hydrogens (tertiary/aromatic N) is 2. The average Bonchev–Trinajstić information content (AvgIpc) is 2.65. The van der Waals surface area contributed by atoms with Crippen LogP contribution >= 0.6 is 11.6 Å². The number of rotatable bonds is 1. The Morgan fingerprint density at radius 3 is 2.79 bits per heavy atom. The van der Waals surface area contributed by atoms with Gasteiger partial charge >= 0.3 is 0 Å². The summed E-state index contributed by atoms with van der Waals surface area (Å²) in [5.41, 5.74) is 9.16. The molecule has 0 unspecified atom stereocenters. The highest BCUT2D eigenvalue weighted by Gasteiger charge is 2.12. The van der Waals surface area contributed by atoms with Crippen molar-refractivity contribution >= 4 is 28.6 Å². The van der Waals surface area contributed by atoms with Gasteiger partial charge in [0, 0.05) is 5.02 Å². The van der Waals surface area contributed by atoms with Gasteiger partial charge in [0.05, 0.1) is 16.7 Å². The lowest BCUT2D eigenvalue weighted by molar-refractivity contribution is 0.627. The topological polar surface area (TPSA) is 43.8 Å². The molecule has 5 heteroatoms. The van der Waals surface area contributed by atoms with E-state index in [9.17, 15) is 4.39 Å². The zero-order valence-electron chi connectivity index (χ0n) is 10.2. The highest BCUT2D eigenvalue weighted by molar-refractivity contribution is 6.30. The zero-order valence-corrected chi connectivity index (χ0v) is 10.9. The number of hydrogen-bond donors (Lipinski definition) is 1. The van der Waals surface area contributed by atoms with Gasteiger partial charge in [0.15, 0.2) is 0 Å². The molecule has 1 aromatic heterocycles. The largest absolute Gasteiger partial charge is 0.369 e. The third-order valence-corrected chi connectivity index (χ3v) is 3.24. The fraction of sp³-hybridized carbons (Fsp3) is 0.0714. The molecule has 0 bridgehead atoms. The van der Waals surface area contributed by atoms with Crippen molar-refractivity contribution in [1.82, 2.24) is 9.55 Å². The molecule has 0 fully saturated rings. The normalized spacial score (nSPS) is 11.1. The number of nitrogen functional groups attached to an aromatic ring is 1. The molecule has 0 aliphatic rings. The molecule has 0 saturated heterocycles. The minimum atomic E-state index is -0.406. The van der Waals surface area contributed by atoms with Crippen molar-refractivity contribution < 1.29 is 4.39 Å². The number of nitrogens with two attached hydrogens (primary N) is 1. The van der Waals surface area contributed by atoms with Gasteiger partial charge in [0.25, 0.3) is 0 Å². The molecule has 2 N–H and O–H groups in total. The molecule has 96 valence electrons. The van der Waals surface area contributed by atoms with Gasteiger partial charge in [0.2, 0.25) is 5.95 Å². The van der Waals surface area contributed by atoms with Gasteiger partial charge in [-0.05, 0) is 36.8 Å². The third kappa shape index (κ3) is 1.94. The van der Waals surface area contributed by atoms with Gasteiger partial charge < -0.3 is 5.73 Å². The first kappa shape index (κ1) is 12.0. The van der Waals surface area contributed by atoms with E-state index >= 15 is 0 Å². The van der Waals surface area contributed by atoms with Crippen LogP contribution in [-0.4, -0.2) is 9.55 Å². The van der Waals surface area contributed by atoms with Crippen LogP contribution in [0, 0.1) is 12.7 Å². The maximum Gasteiger partial charge on any atom is 0.205 e. The SMILES string of the molecule is Cc1cccc2c1nc(N)n2-c1cc(F)cc(Cl)c1. The van der Waals surface area contributed by atoms with Crippen molar-refractivity contribution in [1.29, 1.82) is 0 Å². The monoisotopic (exact) mass is 275 g/mol. The number of aromatic nitrogens is 2. The van der Waals surface area contributed by atoms with Crippen molar-refractivity contribution in [3.8, 4) is 5.69 Å². The number of anilines is 1. The standard InChI is InChI=1S/C14H11ClFN3/c1-8-3-2-4-12-13(8)18-14(17)19(12)11-6-9(15)5-10(16)7-11/h2-7H,1H3,(H2,17,18). The van der Waals surface area contributed by atoms with Crippen molar-refractivity contribution in [2.45, 2.75) is 6.92 Å². The van der Waals surface area contributed by atoms with E-state index in [0.717, 1.165) is 16.6 Å². The summed E-state index contributed by atoms with van der Waals surface area (Å²) in [4.78, 5) is 4.32. The summed E-state index contributed by atoms with van der Waals surface area (Å²) in [6.45, 7) is 1.96.